The standard InChI is InChI=1S/C18H17FN4O3S/c1-24-13-8-15(25-2)14(16(9-13)26-3)10-20-23-17(21-22-18(23)27)11-4-6-12(19)7-5-11/h4-10H,1-3H3,(H,22,27). The lowest BCUT2D eigenvalue weighted by Gasteiger charge is -2.12. The van der Waals surface area contributed by atoms with Gasteiger partial charge in [0.05, 0.1) is 33.1 Å². The zero-order valence-corrected chi connectivity index (χ0v) is 15.7. The van der Waals surface area contributed by atoms with Crippen LogP contribution < -0.4 is 14.2 Å². The van der Waals surface area contributed by atoms with E-state index in [0.29, 0.717) is 34.2 Å². The van der Waals surface area contributed by atoms with Gasteiger partial charge in [0.1, 0.15) is 23.1 Å². The highest BCUT2D eigenvalue weighted by atomic mass is 32.1. The van der Waals surface area contributed by atoms with Crippen molar-refractivity contribution in [1.29, 1.82) is 0 Å². The average molecular weight is 388 g/mol. The van der Waals surface area contributed by atoms with Gasteiger partial charge >= 0.3 is 0 Å². The molecule has 0 saturated heterocycles. The van der Waals surface area contributed by atoms with E-state index in [1.54, 1.807) is 51.8 Å². The Morgan fingerprint density at radius 3 is 2.26 bits per heavy atom. The summed E-state index contributed by atoms with van der Waals surface area (Å²) in [6.07, 6.45) is 1.55. The first-order valence-corrected chi connectivity index (χ1v) is 8.26. The number of hydrogen-bond acceptors (Lipinski definition) is 6. The third-order valence-corrected chi connectivity index (χ3v) is 4.07. The molecule has 1 heterocycles. The van der Waals surface area contributed by atoms with Gasteiger partial charge in [-0.1, -0.05) is 0 Å². The average Bonchev–Trinajstić information content (AvgIpc) is 3.06. The van der Waals surface area contributed by atoms with Crippen LogP contribution in [-0.4, -0.2) is 42.4 Å². The van der Waals surface area contributed by atoms with Gasteiger partial charge in [0.15, 0.2) is 5.82 Å². The predicted molar refractivity (Wildman–Crippen MR) is 102 cm³/mol. The molecule has 0 radical (unpaired) electrons. The minimum atomic E-state index is -0.337. The van der Waals surface area contributed by atoms with E-state index in [4.69, 9.17) is 26.4 Å². The fourth-order valence-electron chi connectivity index (χ4n) is 2.46. The van der Waals surface area contributed by atoms with E-state index in [1.807, 2.05) is 0 Å². The molecule has 3 aromatic rings. The molecular weight excluding hydrogens is 371 g/mol. The minimum absolute atomic E-state index is 0.289. The molecule has 0 aliphatic rings. The number of hydrogen-bond donors (Lipinski definition) is 1. The van der Waals surface area contributed by atoms with Crippen molar-refractivity contribution in [2.75, 3.05) is 21.3 Å². The van der Waals surface area contributed by atoms with E-state index in [0.717, 1.165) is 0 Å². The smallest absolute Gasteiger partial charge is 0.216 e. The highest BCUT2D eigenvalue weighted by molar-refractivity contribution is 7.71. The second-order valence-electron chi connectivity index (χ2n) is 5.36. The Balaban J connectivity index is 2.06. The van der Waals surface area contributed by atoms with E-state index >= 15 is 0 Å². The number of methoxy groups -OCH3 is 3. The molecule has 3 rings (SSSR count). The number of nitrogens with one attached hydrogen (secondary N) is 1. The fourth-order valence-corrected chi connectivity index (χ4v) is 2.64. The van der Waals surface area contributed by atoms with E-state index < -0.39 is 0 Å². The first kappa shape index (κ1) is 18.6. The minimum Gasteiger partial charge on any atom is -0.496 e. The quantitative estimate of drug-likeness (QED) is 0.515. The van der Waals surface area contributed by atoms with E-state index in [1.165, 1.54) is 16.8 Å². The van der Waals surface area contributed by atoms with Crippen molar-refractivity contribution < 1.29 is 18.6 Å². The molecule has 1 N–H and O–H groups in total. The van der Waals surface area contributed by atoms with Gasteiger partial charge in [-0.15, -0.1) is 0 Å². The summed E-state index contributed by atoms with van der Waals surface area (Å²) in [5, 5.41) is 11.3. The lowest BCUT2D eigenvalue weighted by atomic mass is 10.2. The van der Waals surface area contributed by atoms with E-state index in [2.05, 4.69) is 15.3 Å². The Bertz CT molecular complexity index is 1000. The van der Waals surface area contributed by atoms with Crippen LogP contribution in [0.3, 0.4) is 0 Å². The van der Waals surface area contributed by atoms with Crippen molar-refractivity contribution >= 4 is 18.4 Å². The molecule has 9 heteroatoms. The third-order valence-electron chi connectivity index (χ3n) is 3.81. The van der Waals surface area contributed by atoms with Crippen molar-refractivity contribution in [3.8, 4) is 28.6 Å². The summed E-state index contributed by atoms with van der Waals surface area (Å²) in [7, 11) is 4.64. The lowest BCUT2D eigenvalue weighted by molar-refractivity contribution is 0.374. The maximum atomic E-state index is 13.2. The maximum Gasteiger partial charge on any atom is 0.216 e. The molecule has 0 amide bonds. The number of aromatic amines is 1. The fraction of sp³-hybridized carbons (Fsp3) is 0.167. The second-order valence-corrected chi connectivity index (χ2v) is 5.75. The molecule has 0 unspecified atom stereocenters. The topological polar surface area (TPSA) is 73.7 Å². The number of ether oxygens (including phenoxy) is 3. The van der Waals surface area contributed by atoms with Crippen LogP contribution in [0.5, 0.6) is 17.2 Å². The number of benzene rings is 2. The van der Waals surface area contributed by atoms with Crippen LogP contribution in [0.15, 0.2) is 41.5 Å². The summed E-state index contributed by atoms with van der Waals surface area (Å²) in [5.74, 6) is 1.74. The van der Waals surface area contributed by atoms with Gasteiger partial charge in [0.25, 0.3) is 0 Å². The molecule has 27 heavy (non-hydrogen) atoms. The van der Waals surface area contributed by atoms with Gasteiger partial charge in [0, 0.05) is 17.7 Å². The van der Waals surface area contributed by atoms with Gasteiger partial charge in [-0.2, -0.15) is 14.9 Å². The second kappa shape index (κ2) is 8.00. The van der Waals surface area contributed by atoms with Crippen LogP contribution in [-0.2, 0) is 0 Å². The molecule has 0 saturated carbocycles. The molecule has 0 fully saturated rings. The molecule has 1 aromatic heterocycles. The van der Waals surface area contributed by atoms with Gasteiger partial charge < -0.3 is 14.2 Å². The highest BCUT2D eigenvalue weighted by Gasteiger charge is 2.13. The zero-order chi connectivity index (χ0) is 19.4. The van der Waals surface area contributed by atoms with Crippen LogP contribution in [0.2, 0.25) is 0 Å². The number of rotatable bonds is 6. The molecule has 0 aliphatic heterocycles. The highest BCUT2D eigenvalue weighted by Crippen LogP contribution is 2.32. The van der Waals surface area contributed by atoms with Crippen molar-refractivity contribution in [2.24, 2.45) is 5.10 Å². The SMILES string of the molecule is COc1cc(OC)c(C=Nn2c(-c3ccc(F)cc3)n[nH]c2=S)c(OC)c1. The normalized spacial score (nSPS) is 11.0. The van der Waals surface area contributed by atoms with E-state index in [-0.39, 0.29) is 10.6 Å². The third kappa shape index (κ3) is 3.82. The van der Waals surface area contributed by atoms with Gasteiger partial charge in [-0.25, -0.2) is 9.49 Å². The summed E-state index contributed by atoms with van der Waals surface area (Å²) in [6.45, 7) is 0. The predicted octanol–water partition coefficient (Wildman–Crippen LogP) is 3.65. The summed E-state index contributed by atoms with van der Waals surface area (Å²) >= 11 is 5.25. The van der Waals surface area contributed by atoms with Crippen LogP contribution in [0.1, 0.15) is 5.56 Å². The van der Waals surface area contributed by atoms with Crippen molar-refractivity contribution in [2.45, 2.75) is 0 Å². The largest absolute Gasteiger partial charge is 0.496 e. The molecule has 0 atom stereocenters. The Morgan fingerprint density at radius 2 is 1.70 bits per heavy atom. The number of H-pyrrole nitrogens is 1. The Labute approximate surface area is 160 Å². The molecule has 0 aliphatic carbocycles. The Kier molecular flexibility index (Phi) is 5.51. The Morgan fingerprint density at radius 1 is 1.07 bits per heavy atom. The molecule has 140 valence electrons. The van der Waals surface area contributed by atoms with Crippen molar-refractivity contribution in [1.82, 2.24) is 14.9 Å². The first-order chi connectivity index (χ1) is 13.1. The van der Waals surface area contributed by atoms with Gasteiger partial charge in [-0.05, 0) is 36.5 Å². The zero-order valence-electron chi connectivity index (χ0n) is 14.9. The summed E-state index contributed by atoms with van der Waals surface area (Å²) in [6, 6.07) is 9.33. The van der Waals surface area contributed by atoms with Crippen molar-refractivity contribution in [3.63, 3.8) is 0 Å². The first-order valence-electron chi connectivity index (χ1n) is 7.85. The van der Waals surface area contributed by atoms with Crippen LogP contribution >= 0.6 is 12.2 Å². The number of nitrogens with zero attached hydrogens (tertiary/aromatic N) is 3. The summed E-state index contributed by atoms with van der Waals surface area (Å²) in [5.41, 5.74) is 1.27. The van der Waals surface area contributed by atoms with Crippen molar-refractivity contribution in [3.05, 3.63) is 52.5 Å². The monoisotopic (exact) mass is 388 g/mol. The van der Waals surface area contributed by atoms with Crippen LogP contribution in [0.25, 0.3) is 11.4 Å². The summed E-state index contributed by atoms with van der Waals surface area (Å²) < 4.78 is 31.0. The molecule has 2 aromatic carbocycles. The molecule has 0 spiro atoms. The Hall–Kier alpha value is -3.20. The number of aromatic nitrogens is 3. The van der Waals surface area contributed by atoms with Gasteiger partial charge in [-0.3, -0.25) is 0 Å². The molecule has 7 nitrogen and oxygen atoms in total. The van der Waals surface area contributed by atoms with Crippen LogP contribution in [0, 0.1) is 10.6 Å². The van der Waals surface area contributed by atoms with Gasteiger partial charge in [0.2, 0.25) is 4.77 Å². The van der Waals surface area contributed by atoms with Crippen LogP contribution in [0.4, 0.5) is 4.39 Å². The van der Waals surface area contributed by atoms with E-state index in [9.17, 15) is 4.39 Å². The number of halogens is 1. The molecular formula is C18H17FN4O3S. The summed E-state index contributed by atoms with van der Waals surface area (Å²) in [4.78, 5) is 0. The lowest BCUT2D eigenvalue weighted by Crippen LogP contribution is -2.00. The molecule has 0 bridgehead atoms. The maximum absolute atomic E-state index is 13.2.